The fourth-order valence-electron chi connectivity index (χ4n) is 10.9. The largest absolute Gasteiger partial charge is 0.472 e. The van der Waals surface area contributed by atoms with Gasteiger partial charge in [0.2, 0.25) is 0 Å². The lowest BCUT2D eigenvalue weighted by atomic mass is 10.0. The minimum absolute atomic E-state index is 0.0794. The van der Waals surface area contributed by atoms with E-state index in [1.54, 1.807) is 0 Å². The zero-order chi connectivity index (χ0) is 71.8. The highest BCUT2D eigenvalue weighted by Gasteiger charge is 2.30. The van der Waals surface area contributed by atoms with Gasteiger partial charge in [0.05, 0.1) is 26.4 Å². The molecule has 0 aliphatic heterocycles. The van der Waals surface area contributed by atoms with Crippen molar-refractivity contribution in [1.29, 1.82) is 0 Å². The third-order valence-corrected chi connectivity index (χ3v) is 18.9. The van der Waals surface area contributed by atoms with Crippen LogP contribution in [-0.2, 0) is 65.4 Å². The molecule has 3 N–H and O–H groups in total. The lowest BCUT2D eigenvalue weighted by Gasteiger charge is -2.21. The van der Waals surface area contributed by atoms with Gasteiger partial charge < -0.3 is 33.8 Å². The van der Waals surface area contributed by atoms with Crippen molar-refractivity contribution in [2.24, 2.45) is 0 Å². The Morgan fingerprint density at radius 2 is 0.500 bits per heavy atom. The first kappa shape index (κ1) is 94.8. The van der Waals surface area contributed by atoms with E-state index in [1.165, 1.54) is 128 Å². The summed E-state index contributed by atoms with van der Waals surface area (Å²) in [5.41, 5.74) is 0. The molecule has 0 spiro atoms. The van der Waals surface area contributed by atoms with Crippen molar-refractivity contribution in [3.63, 3.8) is 0 Å². The number of rotatable bonds is 75. The van der Waals surface area contributed by atoms with Gasteiger partial charge in [0.25, 0.3) is 0 Å². The summed E-state index contributed by atoms with van der Waals surface area (Å²) in [6.07, 6.45) is 70.5. The van der Waals surface area contributed by atoms with Crippen LogP contribution in [0.5, 0.6) is 0 Å². The average molecular weight is 1430 g/mol. The molecule has 0 saturated heterocycles. The Kier molecular flexibility index (Phi) is 69.7. The van der Waals surface area contributed by atoms with Crippen LogP contribution in [0.15, 0.2) is 60.8 Å². The van der Waals surface area contributed by atoms with Crippen molar-refractivity contribution in [1.82, 2.24) is 0 Å². The SMILES string of the molecule is CCCCC/C=C\C/C=C\CCCCCCCC(=O)OC[C@H](COP(=O)(O)OCC(O)COP(=O)(O)OC[C@@H](COC(=O)CCCCCCCCC/C=C\CCCCCC)OC(=O)CCCCCCCCCCCCCCC)OC(=O)CCCCCCC/C=C\C/C=C\CCCCC. The van der Waals surface area contributed by atoms with Crippen molar-refractivity contribution >= 4 is 39.5 Å². The van der Waals surface area contributed by atoms with Crippen LogP contribution in [-0.4, -0.2) is 96.7 Å². The van der Waals surface area contributed by atoms with E-state index in [-0.39, 0.29) is 25.7 Å². The highest BCUT2D eigenvalue weighted by molar-refractivity contribution is 7.47. The molecular formula is C79H144O17P2. The Labute approximate surface area is 597 Å². The number of allylic oxidation sites excluding steroid dienone is 10. The van der Waals surface area contributed by atoms with Crippen molar-refractivity contribution < 1.29 is 80.2 Å². The normalized spacial score (nSPS) is 14.2. The smallest absolute Gasteiger partial charge is 0.462 e. The van der Waals surface area contributed by atoms with Gasteiger partial charge in [-0.25, -0.2) is 9.13 Å². The Bertz CT molecular complexity index is 2100. The molecular weight excluding hydrogens is 1280 g/mol. The molecule has 0 rings (SSSR count). The Morgan fingerprint density at radius 3 is 0.796 bits per heavy atom. The molecule has 98 heavy (non-hydrogen) atoms. The van der Waals surface area contributed by atoms with Gasteiger partial charge in [-0.1, -0.05) is 281 Å². The third kappa shape index (κ3) is 71.2. The van der Waals surface area contributed by atoms with Crippen LogP contribution < -0.4 is 0 Å². The summed E-state index contributed by atoms with van der Waals surface area (Å²) in [6.45, 7) is 4.84. The molecule has 0 radical (unpaired) electrons. The summed E-state index contributed by atoms with van der Waals surface area (Å²) < 4.78 is 68.5. The number of ether oxygens (including phenoxy) is 4. The molecule has 0 fully saturated rings. The molecule has 0 saturated carbocycles. The van der Waals surface area contributed by atoms with Gasteiger partial charge in [0, 0.05) is 25.7 Å². The van der Waals surface area contributed by atoms with E-state index < -0.39 is 97.5 Å². The van der Waals surface area contributed by atoms with Gasteiger partial charge >= 0.3 is 39.5 Å². The van der Waals surface area contributed by atoms with E-state index in [2.05, 4.69) is 88.5 Å². The van der Waals surface area contributed by atoms with Crippen LogP contribution in [0.3, 0.4) is 0 Å². The van der Waals surface area contributed by atoms with Crippen LogP contribution in [0.25, 0.3) is 0 Å². The minimum atomic E-state index is -4.97. The molecule has 3 unspecified atom stereocenters. The van der Waals surface area contributed by atoms with Gasteiger partial charge in [-0.05, 0) is 116 Å². The predicted octanol–water partition coefficient (Wildman–Crippen LogP) is 22.7. The number of esters is 4. The topological polar surface area (TPSA) is 237 Å². The van der Waals surface area contributed by atoms with Gasteiger partial charge in [-0.3, -0.25) is 37.3 Å². The monoisotopic (exact) mass is 1430 g/mol. The number of hydrogen-bond acceptors (Lipinski definition) is 15. The molecule has 0 aromatic rings. The maximum Gasteiger partial charge on any atom is 0.472 e. The van der Waals surface area contributed by atoms with Crippen LogP contribution in [0.2, 0.25) is 0 Å². The summed E-state index contributed by atoms with van der Waals surface area (Å²) in [5.74, 6) is -2.18. The van der Waals surface area contributed by atoms with Crippen LogP contribution >= 0.6 is 15.6 Å². The van der Waals surface area contributed by atoms with Gasteiger partial charge in [-0.2, -0.15) is 0 Å². The van der Waals surface area contributed by atoms with Crippen molar-refractivity contribution in [3.05, 3.63) is 60.8 Å². The fraction of sp³-hybridized carbons (Fsp3) is 0.823. The number of hydrogen-bond donors (Lipinski definition) is 3. The number of carbonyl (C=O) groups is 4. The van der Waals surface area contributed by atoms with Crippen molar-refractivity contribution in [2.75, 3.05) is 39.6 Å². The van der Waals surface area contributed by atoms with E-state index in [1.807, 2.05) is 0 Å². The van der Waals surface area contributed by atoms with E-state index in [9.17, 15) is 43.2 Å². The van der Waals surface area contributed by atoms with Crippen molar-refractivity contribution in [2.45, 2.75) is 380 Å². The van der Waals surface area contributed by atoms with E-state index in [0.29, 0.717) is 25.7 Å². The first-order chi connectivity index (χ1) is 47.7. The zero-order valence-electron chi connectivity index (χ0n) is 62.5. The standard InChI is InChI=1S/C79H144O17P2/c1-5-9-13-17-21-25-29-33-36-40-43-47-51-55-59-63-76(81)89-69-74(95-78(83)65-61-57-53-49-45-39-32-28-24-20-16-12-8-4)71-93-97(85,86)91-67-73(80)68-92-98(87,88)94-72-75(96-79(84)66-62-58-54-50-46-42-38-35-31-27-23-19-15-11-7-3)70-90-77(82)64-60-56-52-48-44-41-37-34-30-26-22-18-14-10-6-2/h22-23,25-27,29,34-35,37-38,73-75,80H,5-21,24,28,30-33,36,39-72H2,1-4H3,(H,85,86)(H,87,88)/b26-22-,27-23-,29-25-,37-34-,38-35-/t73?,74-,75-/m1/s1. The number of phosphoric acid groups is 2. The van der Waals surface area contributed by atoms with E-state index in [0.717, 1.165) is 154 Å². The number of aliphatic hydroxyl groups is 1. The second-order valence-electron chi connectivity index (χ2n) is 26.7. The van der Waals surface area contributed by atoms with Crippen molar-refractivity contribution in [3.8, 4) is 0 Å². The molecule has 0 bridgehead atoms. The Hall–Kier alpha value is -3.24. The predicted molar refractivity (Wildman–Crippen MR) is 400 cm³/mol. The summed E-state index contributed by atoms with van der Waals surface area (Å²) >= 11 is 0. The molecule has 0 aromatic heterocycles. The molecule has 0 aliphatic carbocycles. The van der Waals surface area contributed by atoms with Gasteiger partial charge in [-0.15, -0.1) is 0 Å². The summed E-state index contributed by atoms with van der Waals surface area (Å²) in [5, 5.41) is 10.6. The summed E-state index contributed by atoms with van der Waals surface area (Å²) in [4.78, 5) is 72.9. The summed E-state index contributed by atoms with van der Waals surface area (Å²) in [7, 11) is -9.94. The second-order valence-corrected chi connectivity index (χ2v) is 29.6. The highest BCUT2D eigenvalue weighted by Crippen LogP contribution is 2.45. The first-order valence-electron chi connectivity index (χ1n) is 39.5. The molecule has 0 heterocycles. The van der Waals surface area contributed by atoms with E-state index in [4.69, 9.17) is 37.0 Å². The zero-order valence-corrected chi connectivity index (χ0v) is 64.3. The first-order valence-corrected chi connectivity index (χ1v) is 42.5. The number of phosphoric ester groups is 2. The number of carbonyl (C=O) groups excluding carboxylic acids is 4. The molecule has 0 amide bonds. The number of unbranched alkanes of at least 4 members (excludes halogenated alkanes) is 39. The molecule has 572 valence electrons. The van der Waals surface area contributed by atoms with Gasteiger partial charge in [0.1, 0.15) is 19.3 Å². The average Bonchev–Trinajstić information content (AvgIpc) is 1.04. The Balaban J connectivity index is 5.34. The summed E-state index contributed by atoms with van der Waals surface area (Å²) in [6, 6.07) is 0. The maximum atomic E-state index is 13.1. The fourth-order valence-corrected chi connectivity index (χ4v) is 12.4. The van der Waals surface area contributed by atoms with Crippen LogP contribution in [0.1, 0.15) is 362 Å². The highest BCUT2D eigenvalue weighted by atomic mass is 31.2. The minimum Gasteiger partial charge on any atom is -0.462 e. The lowest BCUT2D eigenvalue weighted by molar-refractivity contribution is -0.161. The quantitative estimate of drug-likeness (QED) is 0.0169. The lowest BCUT2D eigenvalue weighted by Crippen LogP contribution is -2.30. The number of aliphatic hydroxyl groups excluding tert-OH is 1. The van der Waals surface area contributed by atoms with Gasteiger partial charge in [0.15, 0.2) is 12.2 Å². The third-order valence-electron chi connectivity index (χ3n) is 17.0. The maximum absolute atomic E-state index is 13.1. The molecule has 5 atom stereocenters. The molecule has 0 aromatic carbocycles. The van der Waals surface area contributed by atoms with E-state index >= 15 is 0 Å². The Morgan fingerprint density at radius 1 is 0.286 bits per heavy atom. The second kappa shape index (κ2) is 72.1. The molecule has 17 nitrogen and oxygen atoms in total. The molecule has 19 heteroatoms. The van der Waals surface area contributed by atoms with Crippen LogP contribution in [0, 0.1) is 0 Å². The molecule has 0 aliphatic rings. The van der Waals surface area contributed by atoms with Crippen LogP contribution in [0.4, 0.5) is 0 Å².